The highest BCUT2D eigenvalue weighted by molar-refractivity contribution is 8.04. The van der Waals surface area contributed by atoms with Crippen molar-refractivity contribution >= 4 is 60.5 Å². The highest BCUT2D eigenvalue weighted by Crippen LogP contribution is 2.33. The maximum atomic E-state index is 5.33. The molecule has 0 atom stereocenters. The lowest BCUT2D eigenvalue weighted by Crippen LogP contribution is -2.25. The van der Waals surface area contributed by atoms with Crippen molar-refractivity contribution < 1.29 is 0 Å². The fraction of sp³-hybridized carbons (Fsp3) is 1.00. The fourth-order valence-electron chi connectivity index (χ4n) is 4.57. The molecule has 212 valence electrons. The Hall–Kier alpha value is 1.75. The summed E-state index contributed by atoms with van der Waals surface area (Å²) in [6, 6.07) is 0. The first-order chi connectivity index (χ1) is 17.2. The van der Waals surface area contributed by atoms with E-state index in [1.165, 1.54) is 163 Å². The van der Waals surface area contributed by atoms with Gasteiger partial charge < -0.3 is 0 Å². The molecule has 0 radical (unpaired) electrons. The monoisotopic (exact) mass is 582 g/mol. The molecule has 0 fully saturated rings. The smallest absolute Gasteiger partial charge is 0.0220 e. The van der Waals surface area contributed by atoms with E-state index in [0.717, 1.165) is 5.75 Å². The molecule has 0 N–H and O–H groups in total. The van der Waals surface area contributed by atoms with Crippen molar-refractivity contribution in [1.29, 1.82) is 0 Å². The summed E-state index contributed by atoms with van der Waals surface area (Å²) < 4.78 is 0.264. The van der Waals surface area contributed by atoms with Crippen LogP contribution in [0.2, 0.25) is 0 Å². The maximum Gasteiger partial charge on any atom is 0.0220 e. The minimum Gasteiger partial charge on any atom is -0.179 e. The van der Waals surface area contributed by atoms with Gasteiger partial charge in [-0.2, -0.15) is 60.5 Å². The number of thiol groups is 2. The SMILES string of the molecule is CCCCCCCCCCCC(S)(CCCCCCCCCCC)CSCCSCCSCCS. The average Bonchev–Trinajstić information content (AvgIpc) is 2.86. The Morgan fingerprint density at radius 3 is 1.20 bits per heavy atom. The molecule has 0 rings (SSSR count). The molecule has 0 aromatic carbocycles. The van der Waals surface area contributed by atoms with E-state index >= 15 is 0 Å². The van der Waals surface area contributed by atoms with Crippen molar-refractivity contribution in [3.05, 3.63) is 0 Å². The molecule has 0 spiro atoms. The summed E-state index contributed by atoms with van der Waals surface area (Å²) in [5.41, 5.74) is 0. The summed E-state index contributed by atoms with van der Waals surface area (Å²) >= 11 is 16.0. The van der Waals surface area contributed by atoms with Crippen LogP contribution in [0.1, 0.15) is 142 Å². The number of hydrogen-bond acceptors (Lipinski definition) is 5. The second kappa shape index (κ2) is 30.3. The number of hydrogen-bond donors (Lipinski definition) is 2. The fourth-order valence-corrected chi connectivity index (χ4v) is 8.78. The van der Waals surface area contributed by atoms with Gasteiger partial charge in [0.05, 0.1) is 0 Å². The van der Waals surface area contributed by atoms with Gasteiger partial charge in [0, 0.05) is 39.3 Å². The van der Waals surface area contributed by atoms with E-state index in [1.807, 2.05) is 11.8 Å². The molecule has 35 heavy (non-hydrogen) atoms. The lowest BCUT2D eigenvalue weighted by molar-refractivity contribution is 0.470. The molecule has 0 aliphatic heterocycles. The minimum absolute atomic E-state index is 0.264. The Balaban J connectivity index is 4.05. The summed E-state index contributed by atoms with van der Waals surface area (Å²) in [6.45, 7) is 4.61. The van der Waals surface area contributed by atoms with Crippen LogP contribution in [-0.2, 0) is 0 Å². The quantitative estimate of drug-likeness (QED) is 0.0639. The van der Waals surface area contributed by atoms with Gasteiger partial charge in [0.1, 0.15) is 0 Å². The third-order valence-corrected chi connectivity index (χ3v) is 11.9. The summed E-state index contributed by atoms with van der Waals surface area (Å²) in [6.07, 6.45) is 28.2. The third-order valence-electron chi connectivity index (χ3n) is 6.84. The largest absolute Gasteiger partial charge is 0.179 e. The average molecular weight is 583 g/mol. The van der Waals surface area contributed by atoms with Gasteiger partial charge in [0.15, 0.2) is 0 Å². The van der Waals surface area contributed by atoms with Crippen LogP contribution >= 0.6 is 60.5 Å². The molecule has 0 saturated carbocycles. The third kappa shape index (κ3) is 28.6. The van der Waals surface area contributed by atoms with Crippen LogP contribution in [0, 0.1) is 0 Å². The molecule has 5 heteroatoms. The van der Waals surface area contributed by atoms with E-state index in [1.54, 1.807) is 0 Å². The van der Waals surface area contributed by atoms with E-state index in [2.05, 4.69) is 50.0 Å². The van der Waals surface area contributed by atoms with Gasteiger partial charge in [-0.25, -0.2) is 0 Å². The van der Waals surface area contributed by atoms with Gasteiger partial charge >= 0.3 is 0 Å². The molecule has 0 aliphatic rings. The molecule has 0 amide bonds. The predicted molar refractivity (Wildman–Crippen MR) is 181 cm³/mol. The molecule has 0 heterocycles. The Kier molecular flexibility index (Phi) is 31.8. The van der Waals surface area contributed by atoms with Gasteiger partial charge in [-0.3, -0.25) is 0 Å². The maximum absolute atomic E-state index is 5.33. The lowest BCUT2D eigenvalue weighted by Gasteiger charge is -2.29. The molecule has 0 aliphatic carbocycles. The van der Waals surface area contributed by atoms with Gasteiger partial charge in [-0.05, 0) is 18.6 Å². The van der Waals surface area contributed by atoms with Crippen molar-refractivity contribution in [2.24, 2.45) is 0 Å². The van der Waals surface area contributed by atoms with Crippen LogP contribution in [0.15, 0.2) is 0 Å². The number of thioether (sulfide) groups is 3. The second-order valence-corrected chi connectivity index (χ2v) is 15.3. The zero-order chi connectivity index (χ0) is 25.7. The summed E-state index contributed by atoms with van der Waals surface area (Å²) in [5.74, 6) is 8.61. The van der Waals surface area contributed by atoms with E-state index < -0.39 is 0 Å². The topological polar surface area (TPSA) is 0 Å². The predicted octanol–water partition coefficient (Wildman–Crippen LogP) is 11.6. The van der Waals surface area contributed by atoms with Gasteiger partial charge in [0.2, 0.25) is 0 Å². The minimum atomic E-state index is 0.264. The van der Waals surface area contributed by atoms with Crippen molar-refractivity contribution in [2.45, 2.75) is 147 Å². The Morgan fingerprint density at radius 2 is 0.800 bits per heavy atom. The second-order valence-electron chi connectivity index (χ2n) is 10.4. The summed E-state index contributed by atoms with van der Waals surface area (Å²) in [5, 5.41) is 0. The van der Waals surface area contributed by atoms with E-state index in [4.69, 9.17) is 12.6 Å². The van der Waals surface area contributed by atoms with Crippen LogP contribution in [-0.4, -0.2) is 45.0 Å². The van der Waals surface area contributed by atoms with Crippen molar-refractivity contribution in [2.75, 3.05) is 40.3 Å². The molecule has 0 aromatic heterocycles. The van der Waals surface area contributed by atoms with Crippen LogP contribution in [0.25, 0.3) is 0 Å². The molecule has 0 unspecified atom stereocenters. The van der Waals surface area contributed by atoms with E-state index in [-0.39, 0.29) is 4.75 Å². The van der Waals surface area contributed by atoms with E-state index in [0.29, 0.717) is 0 Å². The van der Waals surface area contributed by atoms with Crippen LogP contribution < -0.4 is 0 Å². The number of unbranched alkanes of at least 4 members (excludes halogenated alkanes) is 16. The highest BCUT2D eigenvalue weighted by atomic mass is 32.2. The Labute approximate surface area is 246 Å². The standard InChI is InChI=1S/C30H62S5/c1-3-5-7-9-11-13-15-17-19-21-30(32,22-20-18-16-14-12-10-8-6-4-2)29-35-28-27-34-26-25-33-24-23-31/h31-32H,3-29H2,1-2H3. The first-order valence-electron chi connectivity index (χ1n) is 15.2. The lowest BCUT2D eigenvalue weighted by atomic mass is 9.94. The number of rotatable bonds is 30. The van der Waals surface area contributed by atoms with Crippen molar-refractivity contribution in [3.8, 4) is 0 Å². The Bertz CT molecular complexity index is 336. The summed E-state index contributed by atoms with van der Waals surface area (Å²) in [7, 11) is 0. The Morgan fingerprint density at radius 1 is 0.457 bits per heavy atom. The van der Waals surface area contributed by atoms with Crippen molar-refractivity contribution in [3.63, 3.8) is 0 Å². The summed E-state index contributed by atoms with van der Waals surface area (Å²) in [4.78, 5) is 0. The first kappa shape index (κ1) is 36.8. The van der Waals surface area contributed by atoms with Crippen LogP contribution in [0.4, 0.5) is 0 Å². The zero-order valence-corrected chi connectivity index (χ0v) is 27.9. The zero-order valence-electron chi connectivity index (χ0n) is 23.7. The van der Waals surface area contributed by atoms with Crippen LogP contribution in [0.5, 0.6) is 0 Å². The van der Waals surface area contributed by atoms with Gasteiger partial charge in [-0.1, -0.05) is 129 Å². The van der Waals surface area contributed by atoms with Crippen molar-refractivity contribution in [1.82, 2.24) is 0 Å². The van der Waals surface area contributed by atoms with Gasteiger partial charge in [-0.15, -0.1) is 0 Å². The van der Waals surface area contributed by atoms with Gasteiger partial charge in [0.25, 0.3) is 0 Å². The van der Waals surface area contributed by atoms with E-state index in [9.17, 15) is 0 Å². The van der Waals surface area contributed by atoms with Crippen LogP contribution in [0.3, 0.4) is 0 Å². The molecule has 0 aromatic rings. The molecule has 0 saturated heterocycles. The highest BCUT2D eigenvalue weighted by Gasteiger charge is 2.24. The molecule has 0 bridgehead atoms. The molecular formula is C30H62S5. The molecular weight excluding hydrogens is 521 g/mol. The normalized spacial score (nSPS) is 12.0. The first-order valence-corrected chi connectivity index (χ1v) is 19.8. The molecule has 0 nitrogen and oxygen atoms in total.